The van der Waals surface area contributed by atoms with E-state index in [1.54, 1.807) is 11.0 Å². The van der Waals surface area contributed by atoms with Crippen molar-refractivity contribution in [3.05, 3.63) is 29.8 Å². The third-order valence-electron chi connectivity index (χ3n) is 4.90. The molecule has 3 rings (SSSR count). The van der Waals surface area contributed by atoms with Crippen LogP contribution >= 0.6 is 0 Å². The highest BCUT2D eigenvalue weighted by Crippen LogP contribution is 2.25. The van der Waals surface area contributed by atoms with E-state index in [1.807, 2.05) is 18.2 Å². The number of hydrogen-bond donors (Lipinski definition) is 2. The number of nitrogens with two attached hydrogens (primary N) is 1. The molecule has 0 radical (unpaired) electrons. The molecular formula is C18H25N3O4. The summed E-state index contributed by atoms with van der Waals surface area (Å²) in [4.78, 5) is 28.3. The maximum atomic E-state index is 13.1. The number of carbonyl (C=O) groups excluding carboxylic acids is 1. The topological polar surface area (TPSA) is 96.1 Å². The van der Waals surface area contributed by atoms with Gasteiger partial charge in [0, 0.05) is 37.9 Å². The van der Waals surface area contributed by atoms with Crippen LogP contribution in [0.1, 0.15) is 23.2 Å². The number of anilines is 1. The summed E-state index contributed by atoms with van der Waals surface area (Å²) in [6.45, 7) is 3.35. The Bertz CT molecular complexity index is 631. The Balaban J connectivity index is 1.85. The summed E-state index contributed by atoms with van der Waals surface area (Å²) in [5.41, 5.74) is 7.55. The van der Waals surface area contributed by atoms with Gasteiger partial charge in [-0.3, -0.25) is 9.59 Å². The molecule has 2 saturated heterocycles. The van der Waals surface area contributed by atoms with E-state index >= 15 is 0 Å². The molecule has 7 nitrogen and oxygen atoms in total. The lowest BCUT2D eigenvalue weighted by atomic mass is 10.0. The second-order valence-corrected chi connectivity index (χ2v) is 6.70. The van der Waals surface area contributed by atoms with Crippen molar-refractivity contribution in [2.45, 2.75) is 18.9 Å². The quantitative estimate of drug-likeness (QED) is 0.839. The van der Waals surface area contributed by atoms with E-state index in [-0.39, 0.29) is 18.5 Å². The Morgan fingerprint density at radius 3 is 2.56 bits per heavy atom. The van der Waals surface area contributed by atoms with Gasteiger partial charge in [-0.25, -0.2) is 0 Å². The van der Waals surface area contributed by atoms with Crippen molar-refractivity contribution >= 4 is 17.6 Å². The lowest BCUT2D eigenvalue weighted by Crippen LogP contribution is -2.43. The number of rotatable bonds is 3. The van der Waals surface area contributed by atoms with Gasteiger partial charge in [-0.1, -0.05) is 12.1 Å². The third kappa shape index (κ3) is 4.11. The number of amides is 1. The highest BCUT2D eigenvalue weighted by molar-refractivity contribution is 6.00. The molecule has 1 aromatic carbocycles. The Hall–Kier alpha value is -2.12. The molecule has 2 fully saturated rings. The van der Waals surface area contributed by atoms with Crippen LogP contribution in [0, 0.1) is 5.92 Å². The third-order valence-corrected chi connectivity index (χ3v) is 4.90. The minimum atomic E-state index is -0.867. The van der Waals surface area contributed by atoms with E-state index in [2.05, 4.69) is 4.90 Å². The maximum Gasteiger partial charge on any atom is 0.308 e. The van der Waals surface area contributed by atoms with Gasteiger partial charge in [-0.15, -0.1) is 0 Å². The van der Waals surface area contributed by atoms with E-state index < -0.39 is 11.9 Å². The van der Waals surface area contributed by atoms with Gasteiger partial charge < -0.3 is 25.4 Å². The molecule has 0 bridgehead atoms. The molecule has 0 unspecified atom stereocenters. The molecule has 0 spiro atoms. The van der Waals surface area contributed by atoms with Crippen molar-refractivity contribution < 1.29 is 19.4 Å². The summed E-state index contributed by atoms with van der Waals surface area (Å²) in [6, 6.07) is 7.30. The molecule has 0 aromatic heterocycles. The number of aliphatic carboxylic acids is 1. The van der Waals surface area contributed by atoms with E-state index in [4.69, 9.17) is 10.5 Å². The zero-order valence-electron chi connectivity index (χ0n) is 14.3. The number of carboxylic acids is 1. The molecule has 0 saturated carbocycles. The van der Waals surface area contributed by atoms with Crippen LogP contribution in [0.3, 0.4) is 0 Å². The molecule has 2 aliphatic rings. The number of para-hydroxylation sites is 1. The van der Waals surface area contributed by atoms with E-state index in [0.29, 0.717) is 38.2 Å². The molecule has 2 atom stereocenters. The van der Waals surface area contributed by atoms with Crippen LogP contribution in [0.15, 0.2) is 24.3 Å². The molecule has 0 aliphatic carbocycles. The predicted octanol–water partition coefficient (Wildman–Crippen LogP) is 0.787. The number of nitrogens with zero attached hydrogens (tertiary/aromatic N) is 2. The summed E-state index contributed by atoms with van der Waals surface area (Å²) in [5, 5.41) is 9.38. The molecule has 2 heterocycles. The first-order valence-electron chi connectivity index (χ1n) is 8.75. The summed E-state index contributed by atoms with van der Waals surface area (Å²) in [7, 11) is 0. The van der Waals surface area contributed by atoms with Crippen LogP contribution < -0.4 is 10.6 Å². The number of hydrogen-bond acceptors (Lipinski definition) is 5. The first kappa shape index (κ1) is 17.7. The Morgan fingerprint density at radius 2 is 1.84 bits per heavy atom. The monoisotopic (exact) mass is 347 g/mol. The van der Waals surface area contributed by atoms with Gasteiger partial charge in [0.15, 0.2) is 0 Å². The highest BCUT2D eigenvalue weighted by Gasteiger charge is 2.31. The molecule has 1 aromatic rings. The van der Waals surface area contributed by atoms with E-state index in [1.165, 1.54) is 0 Å². The normalized spacial score (nSPS) is 24.7. The second-order valence-electron chi connectivity index (χ2n) is 6.70. The summed E-state index contributed by atoms with van der Waals surface area (Å²) >= 11 is 0. The van der Waals surface area contributed by atoms with Crippen LogP contribution in [0.2, 0.25) is 0 Å². The molecule has 3 N–H and O–H groups in total. The van der Waals surface area contributed by atoms with Crippen LogP contribution in [0.25, 0.3) is 0 Å². The van der Waals surface area contributed by atoms with Crippen molar-refractivity contribution in [3.63, 3.8) is 0 Å². The number of carbonyl (C=O) groups is 2. The average molecular weight is 347 g/mol. The maximum absolute atomic E-state index is 13.1. The van der Waals surface area contributed by atoms with Crippen LogP contribution in [0.5, 0.6) is 0 Å². The molecule has 25 heavy (non-hydrogen) atoms. The van der Waals surface area contributed by atoms with Crippen molar-refractivity contribution in [1.29, 1.82) is 0 Å². The number of morpholine rings is 1. The number of ether oxygens (including phenoxy) is 1. The largest absolute Gasteiger partial charge is 0.481 e. The van der Waals surface area contributed by atoms with Gasteiger partial charge in [0.1, 0.15) is 0 Å². The fraction of sp³-hybridized carbons (Fsp3) is 0.556. The Kier molecular flexibility index (Phi) is 5.55. The molecule has 1 amide bonds. The van der Waals surface area contributed by atoms with Gasteiger partial charge in [0.25, 0.3) is 5.91 Å². The minimum absolute atomic E-state index is 0.148. The summed E-state index contributed by atoms with van der Waals surface area (Å²) in [5.74, 6) is -1.58. The fourth-order valence-electron chi connectivity index (χ4n) is 3.49. The van der Waals surface area contributed by atoms with Crippen LogP contribution in [0.4, 0.5) is 5.69 Å². The molecule has 7 heteroatoms. The van der Waals surface area contributed by atoms with Gasteiger partial charge in [-0.05, 0) is 25.0 Å². The van der Waals surface area contributed by atoms with Gasteiger partial charge in [0.05, 0.1) is 24.7 Å². The van der Waals surface area contributed by atoms with Gasteiger partial charge in [-0.2, -0.15) is 0 Å². The number of likely N-dealkylation sites (tertiary alicyclic amines) is 1. The molecule has 2 aliphatic heterocycles. The SMILES string of the molecule is N[C@@H]1CC[C@H](C(=O)O)CN(C(=O)c2ccccc2N2CCOCC2)C1. The Labute approximate surface area is 147 Å². The van der Waals surface area contributed by atoms with Crippen molar-refractivity contribution in [1.82, 2.24) is 4.90 Å². The smallest absolute Gasteiger partial charge is 0.308 e. The number of benzene rings is 1. The van der Waals surface area contributed by atoms with Gasteiger partial charge in [0.2, 0.25) is 0 Å². The number of carboxylic acid groups (broad SMARTS) is 1. The van der Waals surface area contributed by atoms with E-state index in [9.17, 15) is 14.7 Å². The standard InChI is InChI=1S/C18H25N3O4/c19-14-6-5-13(18(23)24)11-21(12-14)17(22)15-3-1-2-4-16(15)20-7-9-25-10-8-20/h1-4,13-14H,5-12,19H2,(H,23,24)/t13-,14+/m0/s1. The highest BCUT2D eigenvalue weighted by atomic mass is 16.5. The van der Waals surface area contributed by atoms with Crippen molar-refractivity contribution in [3.8, 4) is 0 Å². The first-order valence-corrected chi connectivity index (χ1v) is 8.75. The van der Waals surface area contributed by atoms with Crippen LogP contribution in [-0.4, -0.2) is 67.3 Å². The zero-order chi connectivity index (χ0) is 17.8. The lowest BCUT2D eigenvalue weighted by molar-refractivity contribution is -0.142. The predicted molar refractivity (Wildman–Crippen MR) is 93.7 cm³/mol. The molecule has 136 valence electrons. The Morgan fingerprint density at radius 1 is 1.12 bits per heavy atom. The van der Waals surface area contributed by atoms with Crippen molar-refractivity contribution in [2.75, 3.05) is 44.3 Å². The molecular weight excluding hydrogens is 322 g/mol. The summed E-state index contributed by atoms with van der Waals surface area (Å²) in [6.07, 6.45) is 1.12. The second kappa shape index (κ2) is 7.84. The van der Waals surface area contributed by atoms with Crippen molar-refractivity contribution in [2.24, 2.45) is 11.7 Å². The lowest BCUT2D eigenvalue weighted by Gasteiger charge is -2.32. The fourth-order valence-corrected chi connectivity index (χ4v) is 3.49. The average Bonchev–Trinajstić information content (AvgIpc) is 2.84. The minimum Gasteiger partial charge on any atom is -0.481 e. The van der Waals surface area contributed by atoms with Gasteiger partial charge >= 0.3 is 5.97 Å². The zero-order valence-corrected chi connectivity index (χ0v) is 14.3. The summed E-state index contributed by atoms with van der Waals surface area (Å²) < 4.78 is 5.39. The van der Waals surface area contributed by atoms with Crippen LogP contribution in [-0.2, 0) is 9.53 Å². The first-order chi connectivity index (χ1) is 12.1. The van der Waals surface area contributed by atoms with E-state index in [0.717, 1.165) is 18.8 Å².